The maximum Gasteiger partial charge on any atom is 0.496 e. The minimum atomic E-state index is -0.535. The van der Waals surface area contributed by atoms with E-state index in [4.69, 9.17) is 0 Å². The Morgan fingerprint density at radius 3 is 3.00 bits per heavy atom. The fraction of sp³-hybridized carbons (Fsp3) is 0. The Kier molecular flexibility index (Phi) is 3.54. The molecule has 3 N–H and O–H groups in total. The number of aromatic nitrogens is 1. The van der Waals surface area contributed by atoms with Crippen LogP contribution < -0.4 is 20.9 Å². The number of nitrogens with zero attached hydrogens (tertiary/aromatic N) is 2. The number of aromatic amines is 1. The van der Waals surface area contributed by atoms with Crippen molar-refractivity contribution in [3.05, 3.63) is 64.8 Å². The van der Waals surface area contributed by atoms with Gasteiger partial charge in [0.1, 0.15) is 5.69 Å². The Bertz CT molecular complexity index is 902. The van der Waals surface area contributed by atoms with Gasteiger partial charge in [-0.15, -0.1) is 0 Å². The predicted octanol–water partition coefficient (Wildman–Crippen LogP) is 0.700. The molecule has 6 nitrogen and oxygen atoms in total. The van der Waals surface area contributed by atoms with Gasteiger partial charge in [-0.2, -0.15) is 9.06 Å². The summed E-state index contributed by atoms with van der Waals surface area (Å²) in [6, 6.07) is 10.7. The molecular weight excluding hydrogens is 285 g/mol. The first-order chi connectivity index (χ1) is 10.7. The van der Waals surface area contributed by atoms with Gasteiger partial charge < -0.3 is 10.3 Å². The molecule has 1 aliphatic rings. The van der Waals surface area contributed by atoms with Crippen LogP contribution in [0.4, 0.5) is 15.8 Å². The number of hydrogen-bond donors (Lipinski definition) is 3. The molecule has 0 fully saturated rings. The average molecular weight is 294 g/mol. The number of anilines is 2. The van der Waals surface area contributed by atoms with Crippen LogP contribution in [0.3, 0.4) is 0 Å². The zero-order valence-corrected chi connectivity index (χ0v) is 11.1. The quantitative estimate of drug-likeness (QED) is 0.713. The topological polar surface area (TPSA) is 83.4 Å². The van der Waals surface area contributed by atoms with Crippen molar-refractivity contribution >= 4 is 29.0 Å². The van der Waals surface area contributed by atoms with Gasteiger partial charge in [0, 0.05) is 30.1 Å². The number of nitrogens with one attached hydrogen (secondary N) is 3. The monoisotopic (exact) mass is 294 g/mol. The van der Waals surface area contributed by atoms with Crippen molar-refractivity contribution in [1.82, 2.24) is 9.65 Å². The molecule has 0 atom stereocenters. The lowest BCUT2D eigenvalue weighted by Crippen LogP contribution is -2.21. The molecule has 106 valence electrons. The summed E-state index contributed by atoms with van der Waals surface area (Å²) in [4.78, 5) is 17.9. The Hall–Kier alpha value is -3.58. The molecule has 2 heterocycles. The van der Waals surface area contributed by atoms with E-state index in [9.17, 15) is 9.18 Å². The van der Waals surface area contributed by atoms with Crippen LogP contribution in [0, 0.1) is 17.9 Å². The summed E-state index contributed by atoms with van der Waals surface area (Å²) in [6.45, 7) is 0. The van der Waals surface area contributed by atoms with Crippen molar-refractivity contribution in [2.45, 2.75) is 0 Å². The molecule has 0 amide bonds. The average Bonchev–Trinajstić information content (AvgIpc) is 2.47. The van der Waals surface area contributed by atoms with Crippen LogP contribution in [-0.2, 0) is 0 Å². The number of halogens is 1. The van der Waals surface area contributed by atoms with Crippen molar-refractivity contribution in [2.75, 3.05) is 10.6 Å². The highest BCUT2D eigenvalue weighted by atomic mass is 19.1. The third-order valence-electron chi connectivity index (χ3n) is 2.60. The van der Waals surface area contributed by atoms with Crippen LogP contribution in [0.5, 0.6) is 0 Å². The van der Waals surface area contributed by atoms with Crippen LogP contribution in [0.25, 0.3) is 0 Å². The SMILES string of the molecule is O=c1cc(NC2=NC(Nc3cc#cc(F)c3)=[N+]=C=C2)cc[nH]1. The summed E-state index contributed by atoms with van der Waals surface area (Å²) in [5, 5.41) is 5.78. The van der Waals surface area contributed by atoms with Crippen molar-refractivity contribution in [3.8, 4) is 0 Å². The summed E-state index contributed by atoms with van der Waals surface area (Å²) < 4.78 is 17.0. The van der Waals surface area contributed by atoms with E-state index in [2.05, 4.69) is 43.3 Å². The van der Waals surface area contributed by atoms with Gasteiger partial charge >= 0.3 is 5.96 Å². The Morgan fingerprint density at radius 1 is 1.27 bits per heavy atom. The van der Waals surface area contributed by atoms with E-state index in [-0.39, 0.29) is 11.5 Å². The van der Waals surface area contributed by atoms with Crippen LogP contribution >= 0.6 is 0 Å². The van der Waals surface area contributed by atoms with Crippen LogP contribution in [0.2, 0.25) is 0 Å². The van der Waals surface area contributed by atoms with Crippen molar-refractivity contribution in [2.24, 2.45) is 4.99 Å². The molecule has 22 heavy (non-hydrogen) atoms. The van der Waals surface area contributed by atoms with Gasteiger partial charge in [-0.05, 0) is 17.1 Å². The van der Waals surface area contributed by atoms with Gasteiger partial charge in [-0.3, -0.25) is 4.79 Å². The molecule has 0 saturated heterocycles. The number of H-pyrrole nitrogens is 1. The van der Waals surface area contributed by atoms with E-state index in [1.807, 2.05) is 0 Å². The molecule has 1 aromatic carbocycles. The maximum absolute atomic E-state index is 13.1. The number of pyridine rings is 1. The minimum Gasteiger partial charge on any atom is -0.329 e. The molecule has 0 bridgehead atoms. The fourth-order valence-electron chi connectivity index (χ4n) is 1.71. The second-order valence-electron chi connectivity index (χ2n) is 4.26. The molecule has 0 aliphatic carbocycles. The van der Waals surface area contributed by atoms with E-state index >= 15 is 0 Å². The first-order valence-electron chi connectivity index (χ1n) is 6.26. The first-order valence-corrected chi connectivity index (χ1v) is 6.26. The van der Waals surface area contributed by atoms with Gasteiger partial charge in [0.05, 0.1) is 6.08 Å². The van der Waals surface area contributed by atoms with Crippen LogP contribution in [0.1, 0.15) is 0 Å². The molecule has 0 saturated carbocycles. The molecule has 3 rings (SSSR count). The zero-order valence-electron chi connectivity index (χ0n) is 11.1. The van der Waals surface area contributed by atoms with E-state index in [1.165, 1.54) is 30.5 Å². The molecule has 0 unspecified atom stereocenters. The van der Waals surface area contributed by atoms with Crippen LogP contribution in [-0.4, -0.2) is 22.6 Å². The lowest BCUT2D eigenvalue weighted by molar-refractivity contribution is 0.629. The molecule has 0 radical (unpaired) electrons. The van der Waals surface area contributed by atoms with Gasteiger partial charge in [0.15, 0.2) is 11.7 Å². The fourth-order valence-corrected chi connectivity index (χ4v) is 1.71. The Morgan fingerprint density at radius 2 is 2.18 bits per heavy atom. The van der Waals surface area contributed by atoms with E-state index < -0.39 is 5.82 Å². The largest absolute Gasteiger partial charge is 0.496 e. The lowest BCUT2D eigenvalue weighted by atomic mass is 10.3. The second kappa shape index (κ2) is 5.81. The number of hydrogen-bond acceptors (Lipinski definition) is 4. The van der Waals surface area contributed by atoms with Crippen molar-refractivity contribution in [1.29, 1.82) is 0 Å². The number of aliphatic imine (C=N–C) groups is 1. The molecule has 7 heteroatoms. The number of amidine groups is 1. The van der Waals surface area contributed by atoms with E-state index in [1.54, 1.807) is 6.07 Å². The highest BCUT2D eigenvalue weighted by molar-refractivity contribution is 6.16. The second-order valence-corrected chi connectivity index (χ2v) is 4.26. The van der Waals surface area contributed by atoms with E-state index in [0.29, 0.717) is 17.2 Å². The zero-order chi connectivity index (χ0) is 15.4. The molecule has 1 aromatic heterocycles. The molecule has 2 aromatic rings. The Labute approximate surface area is 124 Å². The maximum atomic E-state index is 13.1. The van der Waals surface area contributed by atoms with Gasteiger partial charge in [-0.25, -0.2) is 5.32 Å². The normalized spacial score (nSPS) is 12.2. The summed E-state index contributed by atoms with van der Waals surface area (Å²) in [7, 11) is 0. The summed E-state index contributed by atoms with van der Waals surface area (Å²) in [5.41, 5.74) is 0.793. The minimum absolute atomic E-state index is 0.229. The van der Waals surface area contributed by atoms with E-state index in [0.717, 1.165) is 0 Å². The molecule has 0 spiro atoms. The molecular formula is C15H9FN5O+. The van der Waals surface area contributed by atoms with Crippen molar-refractivity contribution < 1.29 is 4.39 Å². The predicted molar refractivity (Wildman–Crippen MR) is 82.5 cm³/mol. The van der Waals surface area contributed by atoms with Crippen LogP contribution in [0.15, 0.2) is 46.3 Å². The van der Waals surface area contributed by atoms with Gasteiger partial charge in [0.2, 0.25) is 11.4 Å². The molecule has 1 aliphatic heterocycles. The smallest absolute Gasteiger partial charge is 0.329 e. The Balaban J connectivity index is 1.77. The summed E-state index contributed by atoms with van der Waals surface area (Å²) in [6.07, 6.45) is 3.05. The van der Waals surface area contributed by atoms with Crippen molar-refractivity contribution in [3.63, 3.8) is 0 Å². The lowest BCUT2D eigenvalue weighted by Gasteiger charge is -2.02. The third kappa shape index (κ3) is 3.30. The standard InChI is InChI=1S/C15H8FN5O/c16-10-2-1-3-11(8-10)20-15-18-7-5-13(21-15)19-12-4-6-17-14(22)9-12/h3-6,8-9H,(H2,17,19,20,21,22)/p+1. The highest BCUT2D eigenvalue weighted by Crippen LogP contribution is 2.06. The number of rotatable bonds is 2. The van der Waals surface area contributed by atoms with Gasteiger partial charge in [0.25, 0.3) is 0 Å². The summed E-state index contributed by atoms with van der Waals surface area (Å²) in [5.74, 6) is 2.80. The number of guanidine groups is 1. The highest BCUT2D eigenvalue weighted by Gasteiger charge is 2.15. The van der Waals surface area contributed by atoms with Gasteiger partial charge in [-0.1, -0.05) is 6.07 Å². The summed E-state index contributed by atoms with van der Waals surface area (Å²) >= 11 is 0. The first kappa shape index (κ1) is 13.4. The third-order valence-corrected chi connectivity index (χ3v) is 2.60.